The van der Waals surface area contributed by atoms with Gasteiger partial charge in [-0.3, -0.25) is 0 Å². The molecule has 0 saturated heterocycles. The van der Waals surface area contributed by atoms with E-state index in [9.17, 15) is 4.79 Å². The molecule has 0 bridgehead atoms. The van der Waals surface area contributed by atoms with Crippen molar-refractivity contribution < 1.29 is 19.1 Å². The summed E-state index contributed by atoms with van der Waals surface area (Å²) in [6, 6.07) is 11.7. The molecule has 0 aliphatic heterocycles. The number of carbonyl (C=O) groups excluding carboxylic acids is 1. The highest BCUT2D eigenvalue weighted by Crippen LogP contribution is 2.26. The molecule has 0 aromatic heterocycles. The SMILES string of the molecule is COc1ccc(Oc2ccc(N)c(C(=O)ON)c2)cc1. The van der Waals surface area contributed by atoms with Gasteiger partial charge in [0.1, 0.15) is 17.2 Å². The molecule has 20 heavy (non-hydrogen) atoms. The van der Waals surface area contributed by atoms with Crippen LogP contribution in [0.2, 0.25) is 0 Å². The number of nitrogens with two attached hydrogens (primary N) is 2. The van der Waals surface area contributed by atoms with Crippen LogP contribution in [0, 0.1) is 0 Å². The lowest BCUT2D eigenvalue weighted by Crippen LogP contribution is -2.12. The molecule has 2 aromatic rings. The third-order valence-corrected chi connectivity index (χ3v) is 2.65. The summed E-state index contributed by atoms with van der Waals surface area (Å²) in [6.07, 6.45) is 0. The van der Waals surface area contributed by atoms with E-state index in [1.54, 1.807) is 43.5 Å². The van der Waals surface area contributed by atoms with Gasteiger partial charge in [0, 0.05) is 5.69 Å². The first-order valence-corrected chi connectivity index (χ1v) is 5.76. The van der Waals surface area contributed by atoms with Crippen LogP contribution in [0.25, 0.3) is 0 Å². The lowest BCUT2D eigenvalue weighted by Gasteiger charge is -2.09. The molecule has 6 nitrogen and oxygen atoms in total. The van der Waals surface area contributed by atoms with Crippen LogP contribution in [-0.4, -0.2) is 13.1 Å². The van der Waals surface area contributed by atoms with Gasteiger partial charge >= 0.3 is 5.97 Å². The maximum atomic E-state index is 11.4. The van der Waals surface area contributed by atoms with Crippen molar-refractivity contribution in [1.29, 1.82) is 0 Å². The smallest absolute Gasteiger partial charge is 0.358 e. The first kappa shape index (κ1) is 13.7. The average molecular weight is 274 g/mol. The number of anilines is 1. The predicted octanol–water partition coefficient (Wildman–Crippen LogP) is 2.10. The summed E-state index contributed by atoms with van der Waals surface area (Å²) in [6.45, 7) is 0. The second-order valence-corrected chi connectivity index (χ2v) is 3.93. The number of hydrogen-bond donors (Lipinski definition) is 2. The summed E-state index contributed by atoms with van der Waals surface area (Å²) in [5.74, 6) is 5.90. The molecule has 0 radical (unpaired) electrons. The van der Waals surface area contributed by atoms with E-state index in [4.69, 9.17) is 21.1 Å². The number of ether oxygens (including phenoxy) is 2. The quantitative estimate of drug-likeness (QED) is 0.654. The van der Waals surface area contributed by atoms with E-state index < -0.39 is 5.97 Å². The van der Waals surface area contributed by atoms with Crippen LogP contribution >= 0.6 is 0 Å². The van der Waals surface area contributed by atoms with Crippen molar-refractivity contribution in [3.05, 3.63) is 48.0 Å². The highest BCUT2D eigenvalue weighted by Gasteiger charge is 2.12. The minimum Gasteiger partial charge on any atom is -0.497 e. The Hall–Kier alpha value is -2.73. The fourth-order valence-corrected chi connectivity index (χ4v) is 1.62. The molecule has 0 aliphatic carbocycles. The molecule has 0 heterocycles. The van der Waals surface area contributed by atoms with Crippen LogP contribution in [0.15, 0.2) is 42.5 Å². The van der Waals surface area contributed by atoms with Crippen LogP contribution in [-0.2, 0) is 4.84 Å². The van der Waals surface area contributed by atoms with Crippen LogP contribution in [0.1, 0.15) is 10.4 Å². The number of nitrogen functional groups attached to an aromatic ring is 1. The van der Waals surface area contributed by atoms with E-state index in [1.165, 1.54) is 6.07 Å². The predicted molar refractivity (Wildman–Crippen MR) is 73.5 cm³/mol. The Morgan fingerprint density at radius 2 is 1.60 bits per heavy atom. The summed E-state index contributed by atoms with van der Waals surface area (Å²) in [5.41, 5.74) is 6.09. The molecule has 0 atom stereocenters. The van der Waals surface area contributed by atoms with E-state index in [0.29, 0.717) is 11.5 Å². The van der Waals surface area contributed by atoms with E-state index in [1.807, 2.05) is 0 Å². The molecule has 2 rings (SSSR count). The summed E-state index contributed by atoms with van der Waals surface area (Å²) >= 11 is 0. The van der Waals surface area contributed by atoms with E-state index in [2.05, 4.69) is 4.84 Å². The van der Waals surface area contributed by atoms with Crippen molar-refractivity contribution in [2.24, 2.45) is 5.90 Å². The minimum absolute atomic E-state index is 0.151. The number of carbonyl (C=O) groups is 1. The zero-order valence-corrected chi connectivity index (χ0v) is 10.8. The second kappa shape index (κ2) is 5.94. The molecule has 104 valence electrons. The Bertz CT molecular complexity index is 611. The van der Waals surface area contributed by atoms with Gasteiger partial charge in [0.15, 0.2) is 0 Å². The Morgan fingerprint density at radius 3 is 2.20 bits per heavy atom. The first-order valence-electron chi connectivity index (χ1n) is 5.76. The lowest BCUT2D eigenvalue weighted by molar-refractivity contribution is 0.0504. The Morgan fingerprint density at radius 1 is 1.00 bits per heavy atom. The zero-order valence-electron chi connectivity index (χ0n) is 10.8. The topological polar surface area (TPSA) is 96.8 Å². The largest absolute Gasteiger partial charge is 0.497 e. The van der Waals surface area contributed by atoms with E-state index in [0.717, 1.165) is 5.75 Å². The van der Waals surface area contributed by atoms with Gasteiger partial charge < -0.3 is 20.0 Å². The molecule has 0 saturated carbocycles. The third kappa shape index (κ3) is 2.99. The van der Waals surface area contributed by atoms with Gasteiger partial charge in [-0.15, -0.1) is 0 Å². The number of benzene rings is 2. The maximum absolute atomic E-state index is 11.4. The summed E-state index contributed by atoms with van der Waals surface area (Å²) in [7, 11) is 1.58. The fourth-order valence-electron chi connectivity index (χ4n) is 1.62. The Balaban J connectivity index is 2.22. The van der Waals surface area contributed by atoms with Crippen molar-refractivity contribution in [2.45, 2.75) is 0 Å². The average Bonchev–Trinajstić information content (AvgIpc) is 2.49. The Labute approximate surface area is 115 Å². The second-order valence-electron chi connectivity index (χ2n) is 3.93. The highest BCUT2D eigenvalue weighted by atomic mass is 16.7. The molecule has 6 heteroatoms. The molecule has 4 N–H and O–H groups in total. The van der Waals surface area contributed by atoms with Gasteiger partial charge in [-0.2, -0.15) is 5.90 Å². The standard InChI is InChI=1S/C14H14N2O4/c1-18-9-2-4-10(5-3-9)19-11-6-7-13(15)12(8-11)14(17)20-16/h2-8H,15-16H2,1H3. The minimum atomic E-state index is -0.720. The van der Waals surface area contributed by atoms with Crippen molar-refractivity contribution in [1.82, 2.24) is 0 Å². The van der Waals surface area contributed by atoms with Gasteiger partial charge in [0.25, 0.3) is 0 Å². The summed E-state index contributed by atoms with van der Waals surface area (Å²) < 4.78 is 10.7. The number of methoxy groups -OCH3 is 1. The molecule has 2 aromatic carbocycles. The molecular formula is C14H14N2O4. The lowest BCUT2D eigenvalue weighted by atomic mass is 10.2. The highest BCUT2D eigenvalue weighted by molar-refractivity contribution is 5.95. The Kier molecular flexibility index (Phi) is 4.07. The van der Waals surface area contributed by atoms with Gasteiger partial charge in [-0.1, -0.05) is 0 Å². The number of rotatable bonds is 4. The van der Waals surface area contributed by atoms with Gasteiger partial charge in [-0.05, 0) is 42.5 Å². The van der Waals surface area contributed by atoms with Gasteiger partial charge in [0.05, 0.1) is 12.7 Å². The molecule has 0 fully saturated rings. The third-order valence-electron chi connectivity index (χ3n) is 2.65. The summed E-state index contributed by atoms with van der Waals surface area (Å²) in [4.78, 5) is 15.6. The van der Waals surface area contributed by atoms with Gasteiger partial charge in [0.2, 0.25) is 0 Å². The molecular weight excluding hydrogens is 260 g/mol. The molecule has 0 unspecified atom stereocenters. The molecule has 0 aliphatic rings. The molecule has 0 amide bonds. The summed E-state index contributed by atoms with van der Waals surface area (Å²) in [5, 5.41) is 0. The van der Waals surface area contributed by atoms with E-state index in [-0.39, 0.29) is 11.3 Å². The number of hydrogen-bond acceptors (Lipinski definition) is 6. The zero-order chi connectivity index (χ0) is 14.5. The van der Waals surface area contributed by atoms with Crippen LogP contribution < -0.4 is 21.1 Å². The van der Waals surface area contributed by atoms with Crippen molar-refractivity contribution in [2.75, 3.05) is 12.8 Å². The van der Waals surface area contributed by atoms with Crippen molar-refractivity contribution in [3.8, 4) is 17.2 Å². The fraction of sp³-hybridized carbons (Fsp3) is 0.0714. The van der Waals surface area contributed by atoms with Crippen molar-refractivity contribution >= 4 is 11.7 Å². The normalized spacial score (nSPS) is 9.90. The molecule has 0 spiro atoms. The van der Waals surface area contributed by atoms with Crippen LogP contribution in [0.5, 0.6) is 17.2 Å². The first-order chi connectivity index (χ1) is 9.63. The van der Waals surface area contributed by atoms with Crippen LogP contribution in [0.3, 0.4) is 0 Å². The maximum Gasteiger partial charge on any atom is 0.358 e. The van der Waals surface area contributed by atoms with E-state index >= 15 is 0 Å². The van der Waals surface area contributed by atoms with Gasteiger partial charge in [-0.25, -0.2) is 4.79 Å². The van der Waals surface area contributed by atoms with Crippen LogP contribution in [0.4, 0.5) is 5.69 Å². The van der Waals surface area contributed by atoms with Crippen molar-refractivity contribution in [3.63, 3.8) is 0 Å². The monoisotopic (exact) mass is 274 g/mol.